The molecule has 8 heteroatoms. The van der Waals surface area contributed by atoms with Crippen LogP contribution in [-0.4, -0.2) is 10.9 Å². The van der Waals surface area contributed by atoms with Crippen LogP contribution in [0.4, 0.5) is 24.5 Å². The molecule has 124 valence electrons. The smallest absolute Gasteiger partial charge is 0.397 e. The van der Waals surface area contributed by atoms with Crippen LogP contribution in [0.15, 0.2) is 36.5 Å². The molecule has 2 heterocycles. The third kappa shape index (κ3) is 3.05. The molecule has 3 N–H and O–H groups in total. The van der Waals surface area contributed by atoms with Crippen molar-refractivity contribution in [2.75, 3.05) is 11.1 Å². The third-order valence-electron chi connectivity index (χ3n) is 3.38. The Balaban J connectivity index is 1.92. The number of nitrogen functional groups attached to an aromatic ring is 1. The van der Waals surface area contributed by atoms with E-state index in [2.05, 4.69) is 10.3 Å². The van der Waals surface area contributed by atoms with Crippen LogP contribution < -0.4 is 11.1 Å². The van der Waals surface area contributed by atoms with Crippen LogP contribution in [-0.2, 0) is 6.18 Å². The van der Waals surface area contributed by atoms with E-state index in [9.17, 15) is 18.0 Å². The monoisotopic (exact) mass is 351 g/mol. The van der Waals surface area contributed by atoms with Crippen molar-refractivity contribution in [3.8, 4) is 0 Å². The number of aryl methyl sites for hydroxylation is 1. The molecule has 0 aliphatic rings. The maximum atomic E-state index is 12.7. The predicted molar refractivity (Wildman–Crippen MR) is 88.2 cm³/mol. The minimum atomic E-state index is -4.47. The Morgan fingerprint density at radius 2 is 2.04 bits per heavy atom. The van der Waals surface area contributed by atoms with E-state index >= 15 is 0 Å². The molecule has 0 saturated heterocycles. The van der Waals surface area contributed by atoms with E-state index in [1.807, 2.05) is 13.0 Å². The van der Waals surface area contributed by atoms with Gasteiger partial charge in [-0.15, -0.1) is 11.3 Å². The number of nitrogens with two attached hydrogens (primary N) is 1. The summed E-state index contributed by atoms with van der Waals surface area (Å²) in [4.78, 5) is 17.4. The summed E-state index contributed by atoms with van der Waals surface area (Å²) in [6.45, 7) is 1.85. The summed E-state index contributed by atoms with van der Waals surface area (Å²) in [5, 5.41) is 3.11. The Kier molecular flexibility index (Phi) is 3.92. The van der Waals surface area contributed by atoms with Gasteiger partial charge in [-0.1, -0.05) is 6.07 Å². The van der Waals surface area contributed by atoms with E-state index in [0.717, 1.165) is 29.0 Å². The maximum Gasteiger partial charge on any atom is 0.416 e. The highest BCUT2D eigenvalue weighted by atomic mass is 32.1. The van der Waals surface area contributed by atoms with Crippen LogP contribution in [0.3, 0.4) is 0 Å². The van der Waals surface area contributed by atoms with Gasteiger partial charge < -0.3 is 11.1 Å². The summed E-state index contributed by atoms with van der Waals surface area (Å²) in [6.07, 6.45) is -2.81. The van der Waals surface area contributed by atoms with E-state index in [0.29, 0.717) is 10.2 Å². The highest BCUT2D eigenvalue weighted by Crippen LogP contribution is 2.34. The number of nitrogens with zero attached hydrogens (tertiary/aromatic N) is 1. The van der Waals surface area contributed by atoms with Gasteiger partial charge in [-0.25, -0.2) is 4.98 Å². The molecule has 0 fully saturated rings. The van der Waals surface area contributed by atoms with Gasteiger partial charge in [0.05, 0.1) is 11.3 Å². The van der Waals surface area contributed by atoms with Crippen molar-refractivity contribution in [2.45, 2.75) is 13.1 Å². The lowest BCUT2D eigenvalue weighted by atomic mass is 10.2. The highest BCUT2D eigenvalue weighted by molar-refractivity contribution is 7.21. The zero-order valence-electron chi connectivity index (χ0n) is 12.4. The molecule has 0 atom stereocenters. The minimum absolute atomic E-state index is 0.0517. The predicted octanol–water partition coefficient (Wildman–Crippen LogP) is 4.46. The number of fused-ring (bicyclic) bond motifs is 1. The van der Waals surface area contributed by atoms with E-state index < -0.39 is 17.6 Å². The molecule has 0 unspecified atom stereocenters. The average molecular weight is 351 g/mol. The van der Waals surface area contributed by atoms with Gasteiger partial charge in [-0.05, 0) is 36.8 Å². The molecule has 2 aromatic heterocycles. The van der Waals surface area contributed by atoms with Crippen LogP contribution in [0.1, 0.15) is 20.8 Å². The molecule has 4 nitrogen and oxygen atoms in total. The second-order valence-corrected chi connectivity index (χ2v) is 6.24. The normalized spacial score (nSPS) is 11.7. The number of carbonyl (C=O) groups is 1. The zero-order chi connectivity index (χ0) is 17.5. The largest absolute Gasteiger partial charge is 0.416 e. The van der Waals surface area contributed by atoms with Gasteiger partial charge in [0, 0.05) is 17.3 Å². The fourth-order valence-corrected chi connectivity index (χ4v) is 3.18. The fourth-order valence-electron chi connectivity index (χ4n) is 2.23. The molecule has 1 aromatic carbocycles. The zero-order valence-corrected chi connectivity index (χ0v) is 13.3. The number of hydrogen-bond acceptors (Lipinski definition) is 4. The van der Waals surface area contributed by atoms with Crippen molar-refractivity contribution in [2.24, 2.45) is 0 Å². The molecule has 3 rings (SSSR count). The summed E-state index contributed by atoms with van der Waals surface area (Å²) in [7, 11) is 0. The topological polar surface area (TPSA) is 68.0 Å². The summed E-state index contributed by atoms with van der Waals surface area (Å²) in [6, 6.07) is 6.26. The van der Waals surface area contributed by atoms with Gasteiger partial charge in [0.1, 0.15) is 9.71 Å². The SMILES string of the molecule is Cc1cnc2sc(C(=O)Nc3cccc(C(F)(F)F)c3)c(N)c2c1. The Bertz CT molecular complexity index is 934. The molecule has 0 aliphatic carbocycles. The maximum absolute atomic E-state index is 12.7. The Morgan fingerprint density at radius 1 is 1.29 bits per heavy atom. The number of anilines is 2. The summed E-state index contributed by atoms with van der Waals surface area (Å²) >= 11 is 1.10. The number of rotatable bonds is 2. The molecule has 0 saturated carbocycles. The number of amides is 1. The Hall–Kier alpha value is -2.61. The van der Waals surface area contributed by atoms with Crippen LogP contribution in [0.2, 0.25) is 0 Å². The molecule has 0 bridgehead atoms. The van der Waals surface area contributed by atoms with Crippen LogP contribution in [0, 0.1) is 6.92 Å². The van der Waals surface area contributed by atoms with E-state index in [-0.39, 0.29) is 16.3 Å². The van der Waals surface area contributed by atoms with Crippen LogP contribution in [0.25, 0.3) is 10.2 Å². The molecule has 3 aromatic rings. The van der Waals surface area contributed by atoms with Crippen LogP contribution in [0.5, 0.6) is 0 Å². The summed E-state index contributed by atoms with van der Waals surface area (Å²) < 4.78 is 38.2. The highest BCUT2D eigenvalue weighted by Gasteiger charge is 2.30. The summed E-state index contributed by atoms with van der Waals surface area (Å²) in [5.74, 6) is -0.563. The molecule has 0 aliphatic heterocycles. The van der Waals surface area contributed by atoms with Gasteiger partial charge in [-0.2, -0.15) is 13.2 Å². The minimum Gasteiger partial charge on any atom is -0.397 e. The number of thiophene rings is 1. The first-order valence-corrected chi connectivity index (χ1v) is 7.70. The lowest BCUT2D eigenvalue weighted by molar-refractivity contribution is -0.137. The molecular weight excluding hydrogens is 339 g/mol. The number of alkyl halides is 3. The van der Waals surface area contributed by atoms with Crippen LogP contribution >= 0.6 is 11.3 Å². The number of halogens is 3. The average Bonchev–Trinajstić information content (AvgIpc) is 2.84. The summed E-state index contributed by atoms with van der Waals surface area (Å²) in [5.41, 5.74) is 6.38. The van der Waals surface area contributed by atoms with Crippen molar-refractivity contribution >= 4 is 38.8 Å². The van der Waals surface area contributed by atoms with Crippen molar-refractivity contribution in [1.29, 1.82) is 0 Å². The molecule has 0 radical (unpaired) electrons. The number of benzene rings is 1. The number of pyridine rings is 1. The van der Waals surface area contributed by atoms with Gasteiger partial charge in [0.25, 0.3) is 5.91 Å². The molecule has 1 amide bonds. The Labute approximate surface area is 139 Å². The number of carbonyl (C=O) groups excluding carboxylic acids is 1. The second kappa shape index (κ2) is 5.79. The van der Waals surface area contributed by atoms with E-state index in [1.54, 1.807) is 6.20 Å². The fraction of sp³-hybridized carbons (Fsp3) is 0.125. The van der Waals surface area contributed by atoms with Crippen molar-refractivity contribution in [3.63, 3.8) is 0 Å². The molecule has 0 spiro atoms. The van der Waals surface area contributed by atoms with Gasteiger partial charge >= 0.3 is 6.18 Å². The lowest BCUT2D eigenvalue weighted by Crippen LogP contribution is -2.13. The van der Waals surface area contributed by atoms with Gasteiger partial charge in [-0.3, -0.25) is 4.79 Å². The molecular formula is C16H12F3N3OS. The quantitative estimate of drug-likeness (QED) is 0.716. The van der Waals surface area contributed by atoms with Crippen molar-refractivity contribution < 1.29 is 18.0 Å². The first-order valence-electron chi connectivity index (χ1n) is 6.89. The van der Waals surface area contributed by atoms with Gasteiger partial charge in [0.15, 0.2) is 0 Å². The lowest BCUT2D eigenvalue weighted by Gasteiger charge is -2.09. The van der Waals surface area contributed by atoms with E-state index in [1.165, 1.54) is 12.1 Å². The van der Waals surface area contributed by atoms with Crippen molar-refractivity contribution in [1.82, 2.24) is 4.98 Å². The number of nitrogens with one attached hydrogen (secondary N) is 1. The second-order valence-electron chi connectivity index (χ2n) is 5.24. The Morgan fingerprint density at radius 3 is 2.75 bits per heavy atom. The van der Waals surface area contributed by atoms with E-state index in [4.69, 9.17) is 5.73 Å². The molecule has 24 heavy (non-hydrogen) atoms. The standard InChI is InChI=1S/C16H12F3N3OS/c1-8-5-11-12(20)13(24-15(11)21-7-8)14(23)22-10-4-2-3-9(6-10)16(17,18)19/h2-7H,20H2,1H3,(H,22,23). The number of hydrogen-bond donors (Lipinski definition) is 2. The van der Waals surface area contributed by atoms with Crippen molar-refractivity contribution in [3.05, 3.63) is 52.5 Å². The first kappa shape index (κ1) is 16.3. The third-order valence-corrected chi connectivity index (χ3v) is 4.50. The van der Waals surface area contributed by atoms with Gasteiger partial charge in [0.2, 0.25) is 0 Å². The first-order chi connectivity index (χ1) is 11.3. The number of aromatic nitrogens is 1.